The molecule has 7 heteroatoms. The fraction of sp³-hybridized carbons (Fsp3) is 0.682. The maximum absolute atomic E-state index is 13.1. The van der Waals surface area contributed by atoms with Gasteiger partial charge in [0.05, 0.1) is 4.90 Å². The molecule has 0 spiro atoms. The van der Waals surface area contributed by atoms with Gasteiger partial charge in [-0.2, -0.15) is 4.31 Å². The van der Waals surface area contributed by atoms with Gasteiger partial charge in [0.15, 0.2) is 6.10 Å². The van der Waals surface area contributed by atoms with Gasteiger partial charge in [-0.1, -0.05) is 26.7 Å². The van der Waals surface area contributed by atoms with Gasteiger partial charge in [0, 0.05) is 37.7 Å². The Balaban J connectivity index is 1.53. The van der Waals surface area contributed by atoms with E-state index in [9.17, 15) is 13.2 Å². The molecule has 0 aliphatic carbocycles. The maximum Gasteiger partial charge on any atom is 0.264 e. The van der Waals surface area contributed by atoms with Crippen LogP contribution >= 0.6 is 0 Å². The molecular formula is C22H32N2O4S. The third kappa shape index (κ3) is 4.04. The predicted octanol–water partition coefficient (Wildman–Crippen LogP) is 3.37. The van der Waals surface area contributed by atoms with Crippen molar-refractivity contribution in [2.45, 2.75) is 69.3 Å². The van der Waals surface area contributed by atoms with Gasteiger partial charge >= 0.3 is 0 Å². The highest BCUT2D eigenvalue weighted by Crippen LogP contribution is 2.40. The Labute approximate surface area is 174 Å². The van der Waals surface area contributed by atoms with Crippen LogP contribution in [0.4, 0.5) is 0 Å². The van der Waals surface area contributed by atoms with Gasteiger partial charge in [-0.05, 0) is 49.8 Å². The summed E-state index contributed by atoms with van der Waals surface area (Å²) in [4.78, 5) is 15.2. The van der Waals surface area contributed by atoms with Gasteiger partial charge in [0.2, 0.25) is 10.0 Å². The van der Waals surface area contributed by atoms with E-state index in [0.717, 1.165) is 57.2 Å². The Kier molecular flexibility index (Phi) is 5.89. The van der Waals surface area contributed by atoms with Crippen LogP contribution < -0.4 is 4.74 Å². The molecule has 0 radical (unpaired) electrons. The van der Waals surface area contributed by atoms with Gasteiger partial charge in [-0.3, -0.25) is 4.79 Å². The van der Waals surface area contributed by atoms with E-state index in [-0.39, 0.29) is 11.8 Å². The lowest BCUT2D eigenvalue weighted by molar-refractivity contribution is -0.140. The van der Waals surface area contributed by atoms with Crippen molar-refractivity contribution >= 4 is 15.9 Å². The average molecular weight is 421 g/mol. The monoisotopic (exact) mass is 420 g/mol. The summed E-state index contributed by atoms with van der Waals surface area (Å²) >= 11 is 0. The molecule has 2 unspecified atom stereocenters. The largest absolute Gasteiger partial charge is 0.480 e. The van der Waals surface area contributed by atoms with E-state index >= 15 is 0 Å². The van der Waals surface area contributed by atoms with Crippen molar-refractivity contribution in [3.63, 3.8) is 0 Å². The Morgan fingerprint density at radius 3 is 2.31 bits per heavy atom. The number of carbonyl (C=O) groups is 1. The molecule has 2 atom stereocenters. The molecule has 1 amide bonds. The first-order chi connectivity index (χ1) is 13.9. The Morgan fingerprint density at radius 2 is 1.66 bits per heavy atom. The minimum atomic E-state index is -3.51. The number of amides is 1. The van der Waals surface area contributed by atoms with E-state index in [4.69, 9.17) is 4.74 Å². The molecule has 0 aromatic heterocycles. The van der Waals surface area contributed by atoms with Crippen molar-refractivity contribution in [1.29, 1.82) is 0 Å². The smallest absolute Gasteiger partial charge is 0.264 e. The molecule has 3 aliphatic rings. The van der Waals surface area contributed by atoms with E-state index in [0.29, 0.717) is 29.7 Å². The van der Waals surface area contributed by atoms with Crippen molar-refractivity contribution in [1.82, 2.24) is 9.21 Å². The van der Waals surface area contributed by atoms with E-state index in [1.807, 2.05) is 11.8 Å². The fourth-order valence-electron chi connectivity index (χ4n) is 4.66. The molecule has 1 aromatic carbocycles. The number of benzene rings is 1. The summed E-state index contributed by atoms with van der Waals surface area (Å²) in [6.07, 6.45) is 5.48. The first-order valence-electron chi connectivity index (χ1n) is 11.0. The van der Waals surface area contributed by atoms with Crippen molar-refractivity contribution in [3.05, 3.63) is 23.8 Å². The van der Waals surface area contributed by atoms with Gasteiger partial charge < -0.3 is 9.64 Å². The van der Waals surface area contributed by atoms with E-state index in [2.05, 4.69) is 6.92 Å². The fourth-order valence-corrected chi connectivity index (χ4v) is 6.21. The number of rotatable bonds is 3. The molecule has 2 saturated heterocycles. The quantitative estimate of drug-likeness (QED) is 0.752. The first-order valence-corrected chi connectivity index (χ1v) is 12.4. The molecule has 0 N–H and O–H groups in total. The third-order valence-corrected chi connectivity index (χ3v) is 8.62. The van der Waals surface area contributed by atoms with Crippen LogP contribution in [0.5, 0.6) is 5.75 Å². The standard InChI is InChI=1S/C22H32N2O4S/c1-16-9-13-23(14-10-16)22(25)21-17(2)19-15-18(7-8-20(19)28-21)29(26,27)24-11-5-3-4-6-12-24/h7-8,15-17,21H,3-6,9-14H2,1-2H3. The van der Waals surface area contributed by atoms with Crippen LogP contribution in [0.2, 0.25) is 0 Å². The zero-order valence-electron chi connectivity index (χ0n) is 17.5. The summed E-state index contributed by atoms with van der Waals surface area (Å²) in [5.74, 6) is 1.16. The molecular weight excluding hydrogens is 388 g/mol. The molecule has 0 saturated carbocycles. The number of nitrogens with zero attached hydrogens (tertiary/aromatic N) is 2. The van der Waals surface area contributed by atoms with E-state index < -0.39 is 16.1 Å². The molecule has 29 heavy (non-hydrogen) atoms. The Bertz CT molecular complexity index is 854. The number of ether oxygens (including phenoxy) is 1. The van der Waals surface area contributed by atoms with Crippen LogP contribution in [0.25, 0.3) is 0 Å². The van der Waals surface area contributed by atoms with Crippen LogP contribution in [0, 0.1) is 5.92 Å². The van der Waals surface area contributed by atoms with Gasteiger partial charge in [0.25, 0.3) is 5.91 Å². The zero-order valence-corrected chi connectivity index (χ0v) is 18.3. The average Bonchev–Trinajstić information content (AvgIpc) is 2.89. The SMILES string of the molecule is CC1CCN(C(=O)C2Oc3ccc(S(=O)(=O)N4CCCCCC4)cc3C2C)CC1. The van der Waals surface area contributed by atoms with Crippen LogP contribution in [-0.2, 0) is 14.8 Å². The molecule has 2 fully saturated rings. The lowest BCUT2D eigenvalue weighted by atomic mass is 9.94. The molecule has 160 valence electrons. The number of hydrogen-bond acceptors (Lipinski definition) is 4. The minimum absolute atomic E-state index is 0.0255. The lowest BCUT2D eigenvalue weighted by Gasteiger charge is -2.32. The van der Waals surface area contributed by atoms with Crippen LogP contribution in [0.1, 0.15) is 63.9 Å². The van der Waals surface area contributed by atoms with Crippen molar-refractivity contribution in [3.8, 4) is 5.75 Å². The highest BCUT2D eigenvalue weighted by atomic mass is 32.2. The maximum atomic E-state index is 13.1. The zero-order chi connectivity index (χ0) is 20.6. The predicted molar refractivity (Wildman–Crippen MR) is 111 cm³/mol. The number of hydrogen-bond donors (Lipinski definition) is 0. The summed E-state index contributed by atoms with van der Waals surface area (Å²) in [5, 5.41) is 0. The third-order valence-electron chi connectivity index (χ3n) is 6.72. The lowest BCUT2D eigenvalue weighted by Crippen LogP contribution is -2.45. The Hall–Kier alpha value is -1.60. The second-order valence-corrected chi connectivity index (χ2v) is 10.8. The molecule has 0 bridgehead atoms. The van der Waals surface area contributed by atoms with Crippen LogP contribution in [-0.4, -0.2) is 55.8 Å². The molecule has 3 aliphatic heterocycles. The van der Waals surface area contributed by atoms with Crippen molar-refractivity contribution in [2.75, 3.05) is 26.2 Å². The number of carbonyl (C=O) groups excluding carboxylic acids is 1. The van der Waals surface area contributed by atoms with Gasteiger partial charge in [-0.25, -0.2) is 8.42 Å². The number of likely N-dealkylation sites (tertiary alicyclic amines) is 1. The summed E-state index contributed by atoms with van der Waals surface area (Å²) < 4.78 is 33.9. The van der Waals surface area contributed by atoms with Gasteiger partial charge in [0.1, 0.15) is 5.75 Å². The molecule has 4 rings (SSSR count). The van der Waals surface area contributed by atoms with Crippen LogP contribution in [0.15, 0.2) is 23.1 Å². The normalized spacial score (nSPS) is 26.6. The molecule has 6 nitrogen and oxygen atoms in total. The summed E-state index contributed by atoms with van der Waals surface area (Å²) in [5.41, 5.74) is 0.824. The van der Waals surface area contributed by atoms with Crippen molar-refractivity contribution in [2.24, 2.45) is 5.92 Å². The summed E-state index contributed by atoms with van der Waals surface area (Å²) in [6.45, 7) is 6.90. The van der Waals surface area contributed by atoms with E-state index in [1.165, 1.54) is 0 Å². The highest BCUT2D eigenvalue weighted by molar-refractivity contribution is 7.89. The number of piperidine rings is 1. The minimum Gasteiger partial charge on any atom is -0.480 e. The molecule has 1 aromatic rings. The summed E-state index contributed by atoms with van der Waals surface area (Å²) in [6, 6.07) is 5.08. The topological polar surface area (TPSA) is 66.9 Å². The molecule has 3 heterocycles. The van der Waals surface area contributed by atoms with Crippen molar-refractivity contribution < 1.29 is 17.9 Å². The van der Waals surface area contributed by atoms with Gasteiger partial charge in [-0.15, -0.1) is 0 Å². The van der Waals surface area contributed by atoms with E-state index in [1.54, 1.807) is 22.5 Å². The number of sulfonamides is 1. The second-order valence-electron chi connectivity index (χ2n) is 8.85. The summed E-state index contributed by atoms with van der Waals surface area (Å²) in [7, 11) is -3.51. The van der Waals surface area contributed by atoms with Crippen LogP contribution in [0.3, 0.4) is 0 Å². The second kappa shape index (κ2) is 8.26. The Morgan fingerprint density at radius 1 is 1.00 bits per heavy atom. The highest BCUT2D eigenvalue weighted by Gasteiger charge is 2.40. The first kappa shape index (κ1) is 20.7. The number of fused-ring (bicyclic) bond motifs is 1.